The van der Waals surface area contributed by atoms with Crippen molar-refractivity contribution in [1.29, 1.82) is 0 Å². The summed E-state index contributed by atoms with van der Waals surface area (Å²) < 4.78 is 10.1. The first-order chi connectivity index (χ1) is 15.3. The molecule has 0 spiro atoms. The van der Waals surface area contributed by atoms with Gasteiger partial charge in [0.25, 0.3) is 0 Å². The zero-order chi connectivity index (χ0) is 24.2. The minimum atomic E-state index is -1.06. The predicted octanol–water partition coefficient (Wildman–Crippen LogP) is 5.10. The van der Waals surface area contributed by atoms with Crippen molar-refractivity contribution < 1.29 is 38.9 Å². The summed E-state index contributed by atoms with van der Waals surface area (Å²) in [7, 11) is 0. The smallest absolute Gasteiger partial charge is 0.335 e. The van der Waals surface area contributed by atoms with Crippen LogP contribution in [0.5, 0.6) is 0 Å². The Morgan fingerprint density at radius 2 is 0.969 bits per heavy atom. The van der Waals surface area contributed by atoms with Crippen LogP contribution in [0.25, 0.3) is 0 Å². The minimum Gasteiger partial charge on any atom is -0.478 e. The molecular formula is C24H36O8. The highest BCUT2D eigenvalue weighted by atomic mass is 16.5. The summed E-state index contributed by atoms with van der Waals surface area (Å²) in [5.74, 6) is -2.73. The Bertz CT molecular complexity index is 623. The Kier molecular flexibility index (Phi) is 17.1. The number of benzene rings is 1. The number of esters is 2. The Balaban J connectivity index is 0.000000677. The van der Waals surface area contributed by atoms with Crippen molar-refractivity contribution in [3.05, 3.63) is 35.4 Å². The van der Waals surface area contributed by atoms with E-state index in [2.05, 4.69) is 13.8 Å². The van der Waals surface area contributed by atoms with Crippen LogP contribution < -0.4 is 0 Å². The molecule has 180 valence electrons. The molecule has 2 N–H and O–H groups in total. The number of unbranched alkanes of at least 4 members (excludes halogenated alkanes) is 6. The lowest BCUT2D eigenvalue weighted by atomic mass is 10.1. The van der Waals surface area contributed by atoms with Gasteiger partial charge in [0.2, 0.25) is 0 Å². The van der Waals surface area contributed by atoms with E-state index in [1.165, 1.54) is 37.1 Å². The number of hydrogen-bond acceptors (Lipinski definition) is 6. The molecule has 0 saturated heterocycles. The fourth-order valence-electron chi connectivity index (χ4n) is 2.53. The van der Waals surface area contributed by atoms with Gasteiger partial charge in [-0.05, 0) is 37.1 Å². The second-order valence-corrected chi connectivity index (χ2v) is 7.25. The molecule has 32 heavy (non-hydrogen) atoms. The zero-order valence-corrected chi connectivity index (χ0v) is 19.1. The maximum Gasteiger partial charge on any atom is 0.335 e. The Labute approximate surface area is 189 Å². The molecule has 0 amide bonds. The molecule has 0 aromatic heterocycles. The predicted molar refractivity (Wildman–Crippen MR) is 120 cm³/mol. The number of ether oxygens (including phenoxy) is 2. The number of carboxylic acid groups (broad SMARTS) is 2. The summed E-state index contributed by atoms with van der Waals surface area (Å²) in [4.78, 5) is 43.4. The standard InChI is InChI=1S/C16H30O4.C8H6O4/c1-3-5-7-9-13-19-15(17)11-12-16(18)20-14-10-8-6-4-2;9-7(10)5-1-2-6(4-3-5)8(11)12/h3-14H2,1-2H3;1-4H,(H,9,10)(H,11,12). The van der Waals surface area contributed by atoms with Crippen LogP contribution in [-0.2, 0) is 19.1 Å². The molecule has 8 heteroatoms. The van der Waals surface area contributed by atoms with Crippen LogP contribution in [0.3, 0.4) is 0 Å². The summed E-state index contributed by atoms with van der Waals surface area (Å²) in [5.41, 5.74) is 0.167. The van der Waals surface area contributed by atoms with Crippen LogP contribution in [0.15, 0.2) is 24.3 Å². The normalized spacial score (nSPS) is 9.94. The average molecular weight is 453 g/mol. The van der Waals surface area contributed by atoms with Crippen molar-refractivity contribution in [1.82, 2.24) is 0 Å². The second kappa shape index (κ2) is 18.8. The molecule has 0 bridgehead atoms. The van der Waals surface area contributed by atoms with Crippen LogP contribution in [0.2, 0.25) is 0 Å². The average Bonchev–Trinajstić information content (AvgIpc) is 2.78. The highest BCUT2D eigenvalue weighted by Gasteiger charge is 2.09. The van der Waals surface area contributed by atoms with Crippen molar-refractivity contribution in [3.8, 4) is 0 Å². The fourth-order valence-corrected chi connectivity index (χ4v) is 2.53. The van der Waals surface area contributed by atoms with Gasteiger partial charge < -0.3 is 19.7 Å². The van der Waals surface area contributed by atoms with E-state index in [-0.39, 0.29) is 35.9 Å². The fraction of sp³-hybridized carbons (Fsp3) is 0.583. The van der Waals surface area contributed by atoms with Crippen molar-refractivity contribution in [2.45, 2.75) is 78.1 Å². The van der Waals surface area contributed by atoms with Crippen molar-refractivity contribution in [3.63, 3.8) is 0 Å². The molecule has 0 heterocycles. The van der Waals surface area contributed by atoms with Gasteiger partial charge in [-0.2, -0.15) is 0 Å². The third kappa shape index (κ3) is 15.9. The largest absolute Gasteiger partial charge is 0.478 e. The molecule has 0 aliphatic rings. The molecule has 1 aromatic carbocycles. The Morgan fingerprint density at radius 3 is 1.25 bits per heavy atom. The van der Waals surface area contributed by atoms with Gasteiger partial charge in [0, 0.05) is 0 Å². The molecule has 0 aliphatic heterocycles. The maximum atomic E-state index is 11.4. The SMILES string of the molecule is CCCCCCOC(=O)CCC(=O)OCCCCCC.O=C(O)c1ccc(C(=O)O)cc1. The highest BCUT2D eigenvalue weighted by Crippen LogP contribution is 2.04. The van der Waals surface area contributed by atoms with E-state index in [1.807, 2.05) is 0 Å². The first-order valence-corrected chi connectivity index (χ1v) is 11.2. The lowest BCUT2D eigenvalue weighted by molar-refractivity contribution is -0.150. The lowest BCUT2D eigenvalue weighted by Crippen LogP contribution is -2.11. The second-order valence-electron chi connectivity index (χ2n) is 7.25. The quantitative estimate of drug-likeness (QED) is 0.278. The van der Waals surface area contributed by atoms with E-state index in [4.69, 9.17) is 19.7 Å². The number of aromatic carboxylic acids is 2. The number of carboxylic acids is 2. The monoisotopic (exact) mass is 452 g/mol. The molecule has 1 rings (SSSR count). The van der Waals surface area contributed by atoms with E-state index in [0.717, 1.165) is 38.5 Å². The van der Waals surface area contributed by atoms with Gasteiger partial charge in [0.1, 0.15) is 0 Å². The van der Waals surface area contributed by atoms with Crippen molar-refractivity contribution in [2.24, 2.45) is 0 Å². The Hall–Kier alpha value is -2.90. The van der Waals surface area contributed by atoms with Gasteiger partial charge in [0.15, 0.2) is 0 Å². The number of carbonyl (C=O) groups excluding carboxylic acids is 2. The first-order valence-electron chi connectivity index (χ1n) is 11.2. The van der Waals surface area contributed by atoms with Crippen molar-refractivity contribution in [2.75, 3.05) is 13.2 Å². The van der Waals surface area contributed by atoms with Gasteiger partial charge >= 0.3 is 23.9 Å². The maximum absolute atomic E-state index is 11.4. The topological polar surface area (TPSA) is 127 Å². The van der Waals surface area contributed by atoms with Gasteiger partial charge in [0.05, 0.1) is 37.2 Å². The summed E-state index contributed by atoms with van der Waals surface area (Å²) >= 11 is 0. The van der Waals surface area contributed by atoms with E-state index >= 15 is 0 Å². The van der Waals surface area contributed by atoms with Crippen LogP contribution in [-0.4, -0.2) is 47.3 Å². The molecule has 0 fully saturated rings. The third-order valence-electron chi connectivity index (χ3n) is 4.43. The molecule has 0 aliphatic carbocycles. The summed E-state index contributed by atoms with van der Waals surface area (Å²) in [6, 6.07) is 5.02. The van der Waals surface area contributed by atoms with E-state index in [1.54, 1.807) is 0 Å². The van der Waals surface area contributed by atoms with E-state index in [0.29, 0.717) is 13.2 Å². The van der Waals surface area contributed by atoms with Gasteiger partial charge in [-0.3, -0.25) is 9.59 Å². The Morgan fingerprint density at radius 1 is 0.625 bits per heavy atom. The van der Waals surface area contributed by atoms with Crippen LogP contribution in [0, 0.1) is 0 Å². The summed E-state index contributed by atoms with van der Waals surface area (Å²) in [6.45, 7) is 5.20. The van der Waals surface area contributed by atoms with Crippen LogP contribution in [0.1, 0.15) is 98.8 Å². The van der Waals surface area contributed by atoms with Crippen molar-refractivity contribution >= 4 is 23.9 Å². The number of rotatable bonds is 15. The zero-order valence-electron chi connectivity index (χ0n) is 19.1. The first kappa shape index (κ1) is 29.1. The lowest BCUT2D eigenvalue weighted by Gasteiger charge is -2.05. The molecule has 0 saturated carbocycles. The number of hydrogen-bond donors (Lipinski definition) is 2. The molecule has 1 aromatic rings. The highest BCUT2D eigenvalue weighted by molar-refractivity contribution is 5.91. The number of carbonyl (C=O) groups is 4. The van der Waals surface area contributed by atoms with E-state index in [9.17, 15) is 19.2 Å². The van der Waals surface area contributed by atoms with E-state index < -0.39 is 11.9 Å². The summed E-state index contributed by atoms with van der Waals surface area (Å²) in [5, 5.41) is 16.9. The molecule has 0 atom stereocenters. The van der Waals surface area contributed by atoms with Gasteiger partial charge in [-0.1, -0.05) is 52.4 Å². The van der Waals surface area contributed by atoms with Crippen LogP contribution in [0.4, 0.5) is 0 Å². The molecular weight excluding hydrogens is 416 g/mol. The van der Waals surface area contributed by atoms with Gasteiger partial charge in [-0.15, -0.1) is 0 Å². The minimum absolute atomic E-state index is 0.0833. The summed E-state index contributed by atoms with van der Waals surface area (Å²) in [6.07, 6.45) is 8.90. The van der Waals surface area contributed by atoms with Crippen LogP contribution >= 0.6 is 0 Å². The molecule has 0 radical (unpaired) electrons. The molecule has 0 unspecified atom stereocenters. The third-order valence-corrected chi connectivity index (χ3v) is 4.43. The van der Waals surface area contributed by atoms with Gasteiger partial charge in [-0.25, -0.2) is 9.59 Å². The molecule has 8 nitrogen and oxygen atoms in total.